The summed E-state index contributed by atoms with van der Waals surface area (Å²) < 4.78 is 16.6. The summed E-state index contributed by atoms with van der Waals surface area (Å²) >= 11 is 0. The van der Waals surface area contributed by atoms with Gasteiger partial charge in [-0.05, 0) is 74.7 Å². The molecule has 0 aliphatic carbocycles. The third-order valence-electron chi connectivity index (χ3n) is 5.15. The number of amides is 1. The minimum atomic E-state index is -1.10. The third-order valence-corrected chi connectivity index (χ3v) is 5.15. The van der Waals surface area contributed by atoms with Crippen LogP contribution in [0.3, 0.4) is 0 Å². The summed E-state index contributed by atoms with van der Waals surface area (Å²) in [7, 11) is 0. The molecule has 3 rings (SSSR count). The van der Waals surface area contributed by atoms with Crippen LogP contribution in [0.25, 0.3) is 11.1 Å². The first kappa shape index (κ1) is 24.8. The number of aryl methyl sites for hydroxylation is 1. The first-order valence-corrected chi connectivity index (χ1v) is 11.3. The molecule has 0 saturated heterocycles. The maximum atomic E-state index is 12.3. The second-order valence-electron chi connectivity index (χ2n) is 8.35. The Kier molecular flexibility index (Phi) is 8.30. The van der Waals surface area contributed by atoms with Crippen LogP contribution in [-0.2, 0) is 14.3 Å². The van der Waals surface area contributed by atoms with Crippen LogP contribution in [-0.4, -0.2) is 30.7 Å². The van der Waals surface area contributed by atoms with Gasteiger partial charge in [0.05, 0.1) is 19.6 Å². The van der Waals surface area contributed by atoms with Crippen molar-refractivity contribution < 1.29 is 23.8 Å². The maximum absolute atomic E-state index is 12.3. The van der Waals surface area contributed by atoms with Crippen LogP contribution >= 0.6 is 0 Å². The number of benzene rings is 3. The molecular weight excluding hydrogens is 430 g/mol. The second kappa shape index (κ2) is 11.4. The van der Waals surface area contributed by atoms with Crippen LogP contribution in [0.4, 0.5) is 5.69 Å². The van der Waals surface area contributed by atoms with E-state index in [0.29, 0.717) is 18.1 Å². The van der Waals surface area contributed by atoms with Crippen molar-refractivity contribution in [2.45, 2.75) is 39.7 Å². The molecule has 0 atom stereocenters. The minimum absolute atomic E-state index is 0.125. The van der Waals surface area contributed by atoms with E-state index in [-0.39, 0.29) is 18.9 Å². The van der Waals surface area contributed by atoms with Gasteiger partial charge in [0.15, 0.2) is 5.60 Å². The monoisotopic (exact) mass is 461 g/mol. The first-order chi connectivity index (χ1) is 16.3. The molecule has 0 aliphatic heterocycles. The normalized spacial score (nSPS) is 10.9. The summed E-state index contributed by atoms with van der Waals surface area (Å²) in [5.41, 5.74) is 2.69. The molecule has 34 heavy (non-hydrogen) atoms. The quantitative estimate of drug-likeness (QED) is 0.387. The SMILES string of the molecule is CCOC(=O)C(C)(C)Oc1ccc(OCCC(=O)Nc2ccc(-c3ccccc3)cc2)cc1C. The average molecular weight is 462 g/mol. The minimum Gasteiger partial charge on any atom is -0.493 e. The molecule has 0 unspecified atom stereocenters. The van der Waals surface area contributed by atoms with Gasteiger partial charge in [0.1, 0.15) is 11.5 Å². The molecule has 0 fully saturated rings. The van der Waals surface area contributed by atoms with E-state index in [2.05, 4.69) is 5.32 Å². The van der Waals surface area contributed by atoms with E-state index in [9.17, 15) is 9.59 Å². The Hall–Kier alpha value is -3.80. The van der Waals surface area contributed by atoms with E-state index in [0.717, 1.165) is 22.4 Å². The van der Waals surface area contributed by atoms with E-state index in [1.807, 2.05) is 67.6 Å². The summed E-state index contributed by atoms with van der Waals surface area (Å²) in [6, 6.07) is 23.1. The highest BCUT2D eigenvalue weighted by molar-refractivity contribution is 5.91. The summed E-state index contributed by atoms with van der Waals surface area (Å²) in [5.74, 6) is 0.650. The van der Waals surface area contributed by atoms with Gasteiger partial charge in [0, 0.05) is 5.69 Å². The molecule has 3 aromatic rings. The zero-order valence-electron chi connectivity index (χ0n) is 20.1. The van der Waals surface area contributed by atoms with Crippen LogP contribution < -0.4 is 14.8 Å². The molecule has 0 heterocycles. The van der Waals surface area contributed by atoms with Gasteiger partial charge in [0.25, 0.3) is 0 Å². The van der Waals surface area contributed by atoms with Gasteiger partial charge in [-0.25, -0.2) is 4.79 Å². The van der Waals surface area contributed by atoms with E-state index in [1.165, 1.54) is 0 Å². The first-order valence-electron chi connectivity index (χ1n) is 11.3. The number of rotatable bonds is 10. The second-order valence-corrected chi connectivity index (χ2v) is 8.35. The van der Waals surface area contributed by atoms with Crippen LogP contribution in [0.5, 0.6) is 11.5 Å². The lowest BCUT2D eigenvalue weighted by molar-refractivity contribution is -0.158. The van der Waals surface area contributed by atoms with Crippen molar-refractivity contribution in [3.8, 4) is 22.6 Å². The van der Waals surface area contributed by atoms with Gasteiger partial charge in [-0.2, -0.15) is 0 Å². The number of esters is 1. The van der Waals surface area contributed by atoms with Crippen molar-refractivity contribution >= 4 is 17.6 Å². The van der Waals surface area contributed by atoms with Crippen molar-refractivity contribution in [1.29, 1.82) is 0 Å². The van der Waals surface area contributed by atoms with Gasteiger partial charge in [0.2, 0.25) is 5.91 Å². The van der Waals surface area contributed by atoms with E-state index in [4.69, 9.17) is 14.2 Å². The number of ether oxygens (including phenoxy) is 3. The molecule has 3 aromatic carbocycles. The molecule has 0 aromatic heterocycles. The molecule has 178 valence electrons. The largest absolute Gasteiger partial charge is 0.493 e. The highest BCUT2D eigenvalue weighted by Crippen LogP contribution is 2.27. The number of hydrogen-bond donors (Lipinski definition) is 1. The molecule has 1 N–H and O–H groups in total. The lowest BCUT2D eigenvalue weighted by atomic mass is 10.1. The topological polar surface area (TPSA) is 73.9 Å². The fraction of sp³-hybridized carbons (Fsp3) is 0.286. The summed E-state index contributed by atoms with van der Waals surface area (Å²) in [6.45, 7) is 7.50. The average Bonchev–Trinajstić information content (AvgIpc) is 2.82. The van der Waals surface area contributed by atoms with Gasteiger partial charge in [-0.15, -0.1) is 0 Å². The number of nitrogens with one attached hydrogen (secondary N) is 1. The van der Waals surface area contributed by atoms with Crippen LogP contribution in [0.2, 0.25) is 0 Å². The summed E-state index contributed by atoms with van der Waals surface area (Å²) in [6.07, 6.45) is 0.216. The lowest BCUT2D eigenvalue weighted by Gasteiger charge is -2.25. The van der Waals surface area contributed by atoms with E-state index < -0.39 is 11.6 Å². The molecule has 0 spiro atoms. The number of anilines is 1. The zero-order chi connectivity index (χ0) is 24.6. The van der Waals surface area contributed by atoms with Crippen LogP contribution in [0.15, 0.2) is 72.8 Å². The zero-order valence-corrected chi connectivity index (χ0v) is 20.1. The van der Waals surface area contributed by atoms with E-state index >= 15 is 0 Å². The van der Waals surface area contributed by atoms with Crippen LogP contribution in [0, 0.1) is 6.92 Å². The Morgan fingerprint density at radius 3 is 2.24 bits per heavy atom. The fourth-order valence-corrected chi connectivity index (χ4v) is 3.31. The maximum Gasteiger partial charge on any atom is 0.349 e. The molecule has 0 aliphatic rings. The number of carbonyl (C=O) groups excluding carboxylic acids is 2. The highest BCUT2D eigenvalue weighted by Gasteiger charge is 2.32. The molecular formula is C28H31NO5. The molecule has 0 bridgehead atoms. The number of hydrogen-bond acceptors (Lipinski definition) is 5. The molecule has 6 nitrogen and oxygen atoms in total. The lowest BCUT2D eigenvalue weighted by Crippen LogP contribution is -2.39. The Morgan fingerprint density at radius 1 is 0.912 bits per heavy atom. The highest BCUT2D eigenvalue weighted by atomic mass is 16.6. The Balaban J connectivity index is 1.48. The molecule has 1 amide bonds. The smallest absolute Gasteiger partial charge is 0.349 e. The van der Waals surface area contributed by atoms with E-state index in [1.54, 1.807) is 32.9 Å². The third kappa shape index (κ3) is 6.85. The summed E-state index contributed by atoms with van der Waals surface area (Å²) in [5, 5.41) is 2.89. The Morgan fingerprint density at radius 2 is 1.59 bits per heavy atom. The Bertz CT molecular complexity index is 1110. The number of carbonyl (C=O) groups is 2. The standard InChI is InChI=1S/C28H31NO5/c1-5-32-27(31)28(3,4)34-25-16-15-24(19-20(25)2)33-18-17-26(30)29-23-13-11-22(12-14-23)21-9-7-6-8-10-21/h6-16,19H,5,17-18H2,1-4H3,(H,29,30). The van der Waals surface area contributed by atoms with Gasteiger partial charge in [-0.1, -0.05) is 42.5 Å². The molecule has 0 saturated carbocycles. The fourth-order valence-electron chi connectivity index (χ4n) is 3.31. The van der Waals surface area contributed by atoms with Crippen molar-refractivity contribution in [1.82, 2.24) is 0 Å². The summed E-state index contributed by atoms with van der Waals surface area (Å²) in [4.78, 5) is 24.4. The van der Waals surface area contributed by atoms with Gasteiger partial charge >= 0.3 is 5.97 Å². The predicted octanol–water partition coefficient (Wildman–Crippen LogP) is 5.79. The van der Waals surface area contributed by atoms with Crippen molar-refractivity contribution in [3.63, 3.8) is 0 Å². The van der Waals surface area contributed by atoms with Crippen LogP contribution in [0.1, 0.15) is 32.8 Å². The molecule has 6 heteroatoms. The van der Waals surface area contributed by atoms with Gasteiger partial charge < -0.3 is 19.5 Å². The van der Waals surface area contributed by atoms with Gasteiger partial charge in [-0.3, -0.25) is 4.79 Å². The van der Waals surface area contributed by atoms with Crippen molar-refractivity contribution in [2.75, 3.05) is 18.5 Å². The van der Waals surface area contributed by atoms with Crippen molar-refractivity contribution in [3.05, 3.63) is 78.4 Å². The Labute approximate surface area is 200 Å². The molecule has 0 radical (unpaired) electrons. The van der Waals surface area contributed by atoms with Crippen molar-refractivity contribution in [2.24, 2.45) is 0 Å². The predicted molar refractivity (Wildman–Crippen MR) is 133 cm³/mol.